The minimum Gasteiger partial charge on any atom is -0.393 e. The SMILES string of the molecule is C[Si](C)(C)[C@@H]1C=CC[C@@H]2C(=O)OC(=O)[C@@H]21. The summed E-state index contributed by atoms with van der Waals surface area (Å²) in [7, 11) is -1.45. The number of allylic oxidation sites excluding steroid dienone is 2. The van der Waals surface area contributed by atoms with E-state index in [1.165, 1.54) is 0 Å². The summed E-state index contributed by atoms with van der Waals surface area (Å²) in [5.74, 6) is -1.03. The van der Waals surface area contributed by atoms with Crippen LogP contribution < -0.4 is 0 Å². The van der Waals surface area contributed by atoms with Crippen LogP contribution in [0.15, 0.2) is 12.2 Å². The fraction of sp³-hybridized carbons (Fsp3) is 0.636. The molecule has 1 fully saturated rings. The summed E-state index contributed by atoms with van der Waals surface area (Å²) in [5, 5.41) is 0. The maximum absolute atomic E-state index is 11.6. The number of hydrogen-bond donors (Lipinski definition) is 0. The van der Waals surface area contributed by atoms with Crippen LogP contribution in [-0.4, -0.2) is 20.0 Å². The molecular weight excluding hydrogens is 208 g/mol. The van der Waals surface area contributed by atoms with Gasteiger partial charge in [0, 0.05) is 0 Å². The molecule has 0 saturated carbocycles. The van der Waals surface area contributed by atoms with Gasteiger partial charge in [0.2, 0.25) is 0 Å². The lowest BCUT2D eigenvalue weighted by Gasteiger charge is -2.33. The van der Waals surface area contributed by atoms with Crippen LogP contribution in [0.4, 0.5) is 0 Å². The van der Waals surface area contributed by atoms with Gasteiger partial charge in [0.15, 0.2) is 0 Å². The third-order valence-corrected chi connectivity index (χ3v) is 5.88. The number of fused-ring (bicyclic) bond motifs is 1. The van der Waals surface area contributed by atoms with E-state index in [4.69, 9.17) is 4.74 Å². The molecule has 2 aliphatic rings. The standard InChI is InChI=1S/C11H16O3Si/c1-15(2,3)8-6-4-5-7-9(8)11(13)14-10(7)12/h4,6-9H,5H2,1-3H3/t7-,8+,9-/m0/s1. The van der Waals surface area contributed by atoms with Crippen molar-refractivity contribution < 1.29 is 14.3 Å². The van der Waals surface area contributed by atoms with Gasteiger partial charge in [0.25, 0.3) is 0 Å². The molecule has 15 heavy (non-hydrogen) atoms. The van der Waals surface area contributed by atoms with Gasteiger partial charge in [0.1, 0.15) is 0 Å². The molecule has 0 amide bonds. The predicted octanol–water partition coefficient (Wildman–Crippen LogP) is 1.97. The number of carbonyl (C=O) groups excluding carboxylic acids is 2. The van der Waals surface area contributed by atoms with Crippen LogP contribution in [0.5, 0.6) is 0 Å². The van der Waals surface area contributed by atoms with E-state index >= 15 is 0 Å². The molecule has 0 aromatic rings. The molecule has 0 radical (unpaired) electrons. The van der Waals surface area contributed by atoms with Crippen molar-refractivity contribution in [2.75, 3.05) is 0 Å². The van der Waals surface area contributed by atoms with Gasteiger partial charge >= 0.3 is 11.9 Å². The molecular formula is C11H16O3Si. The van der Waals surface area contributed by atoms with E-state index in [9.17, 15) is 9.59 Å². The van der Waals surface area contributed by atoms with Crippen LogP contribution in [-0.2, 0) is 14.3 Å². The van der Waals surface area contributed by atoms with Crippen molar-refractivity contribution in [1.29, 1.82) is 0 Å². The van der Waals surface area contributed by atoms with Crippen molar-refractivity contribution in [1.82, 2.24) is 0 Å². The quantitative estimate of drug-likeness (QED) is 0.296. The molecule has 3 atom stereocenters. The highest BCUT2D eigenvalue weighted by molar-refractivity contribution is 6.78. The smallest absolute Gasteiger partial charge is 0.317 e. The Morgan fingerprint density at radius 1 is 1.27 bits per heavy atom. The lowest BCUT2D eigenvalue weighted by Crippen LogP contribution is -2.38. The van der Waals surface area contributed by atoms with Crippen molar-refractivity contribution in [2.24, 2.45) is 11.8 Å². The van der Waals surface area contributed by atoms with Gasteiger partial charge < -0.3 is 4.74 Å². The van der Waals surface area contributed by atoms with Crippen molar-refractivity contribution in [3.8, 4) is 0 Å². The van der Waals surface area contributed by atoms with E-state index in [-0.39, 0.29) is 29.3 Å². The van der Waals surface area contributed by atoms with Gasteiger partial charge in [-0.15, -0.1) is 0 Å². The summed E-state index contributed by atoms with van der Waals surface area (Å²) in [6.07, 6.45) is 4.81. The molecule has 0 N–H and O–H groups in total. The largest absolute Gasteiger partial charge is 0.393 e. The number of hydrogen-bond acceptors (Lipinski definition) is 3. The van der Waals surface area contributed by atoms with E-state index in [1.807, 2.05) is 6.08 Å². The first-order chi connectivity index (χ1) is 6.91. The van der Waals surface area contributed by atoms with Crippen LogP contribution in [0.2, 0.25) is 25.2 Å². The molecule has 0 aromatic heterocycles. The second-order valence-electron chi connectivity index (χ2n) is 5.43. The minimum absolute atomic E-state index is 0.200. The first-order valence-corrected chi connectivity index (χ1v) is 8.91. The molecule has 0 spiro atoms. The van der Waals surface area contributed by atoms with E-state index in [0.717, 1.165) is 0 Å². The van der Waals surface area contributed by atoms with E-state index in [1.54, 1.807) is 0 Å². The summed E-state index contributed by atoms with van der Waals surface area (Å²) >= 11 is 0. The lowest BCUT2D eigenvalue weighted by atomic mass is 9.84. The first-order valence-electron chi connectivity index (χ1n) is 5.33. The normalized spacial score (nSPS) is 35.3. The maximum Gasteiger partial charge on any atom is 0.317 e. The highest BCUT2D eigenvalue weighted by Crippen LogP contribution is 2.44. The zero-order valence-corrected chi connectivity index (χ0v) is 10.3. The summed E-state index contributed by atoms with van der Waals surface area (Å²) in [5.41, 5.74) is 0.246. The Bertz CT molecular complexity index is 340. The second kappa shape index (κ2) is 3.30. The average molecular weight is 224 g/mol. The Balaban J connectivity index is 2.35. The zero-order chi connectivity index (χ0) is 11.2. The third kappa shape index (κ3) is 1.67. The van der Waals surface area contributed by atoms with Gasteiger partial charge in [-0.2, -0.15) is 0 Å². The van der Waals surface area contributed by atoms with Crippen LogP contribution in [0.1, 0.15) is 6.42 Å². The number of rotatable bonds is 1. The molecule has 3 nitrogen and oxygen atoms in total. The molecule has 4 heteroatoms. The van der Waals surface area contributed by atoms with Crippen LogP contribution >= 0.6 is 0 Å². The zero-order valence-electron chi connectivity index (χ0n) is 9.32. The first kappa shape index (κ1) is 10.6. The summed E-state index contributed by atoms with van der Waals surface area (Å²) < 4.78 is 4.74. The topological polar surface area (TPSA) is 43.4 Å². The van der Waals surface area contributed by atoms with E-state index in [2.05, 4.69) is 25.7 Å². The average Bonchev–Trinajstić information content (AvgIpc) is 2.41. The van der Waals surface area contributed by atoms with Crippen LogP contribution in [0.3, 0.4) is 0 Å². The number of esters is 2. The monoisotopic (exact) mass is 224 g/mol. The summed E-state index contributed by atoms with van der Waals surface area (Å²) in [4.78, 5) is 23.1. The number of cyclic esters (lactones) is 2. The number of carbonyl (C=O) groups is 2. The molecule has 1 saturated heterocycles. The van der Waals surface area contributed by atoms with Crippen molar-refractivity contribution in [3.05, 3.63) is 12.2 Å². The maximum atomic E-state index is 11.6. The minimum atomic E-state index is -1.45. The van der Waals surface area contributed by atoms with Gasteiger partial charge in [-0.3, -0.25) is 9.59 Å². The highest BCUT2D eigenvalue weighted by Gasteiger charge is 2.51. The Hall–Kier alpha value is -0.903. The molecule has 1 heterocycles. The van der Waals surface area contributed by atoms with Gasteiger partial charge in [-0.1, -0.05) is 31.8 Å². The number of ether oxygens (including phenoxy) is 1. The fourth-order valence-corrected chi connectivity index (χ4v) is 4.67. The van der Waals surface area contributed by atoms with Crippen molar-refractivity contribution >= 4 is 20.0 Å². The Morgan fingerprint density at radius 3 is 2.53 bits per heavy atom. The van der Waals surface area contributed by atoms with Crippen LogP contribution in [0, 0.1) is 11.8 Å². The Labute approximate surface area is 90.5 Å². The third-order valence-electron chi connectivity index (χ3n) is 3.33. The fourth-order valence-electron chi connectivity index (χ4n) is 2.51. The molecule has 82 valence electrons. The van der Waals surface area contributed by atoms with Gasteiger partial charge in [-0.05, 0) is 12.0 Å². The second-order valence-corrected chi connectivity index (χ2v) is 10.8. The molecule has 1 aliphatic heterocycles. The molecule has 2 rings (SSSR count). The molecule has 1 aliphatic carbocycles. The predicted molar refractivity (Wildman–Crippen MR) is 58.9 cm³/mol. The molecule has 0 aromatic carbocycles. The van der Waals surface area contributed by atoms with E-state index in [0.29, 0.717) is 6.42 Å². The van der Waals surface area contributed by atoms with Gasteiger partial charge in [0.05, 0.1) is 19.9 Å². The Morgan fingerprint density at radius 2 is 1.93 bits per heavy atom. The van der Waals surface area contributed by atoms with Crippen LogP contribution in [0.25, 0.3) is 0 Å². The molecule has 0 bridgehead atoms. The summed E-state index contributed by atoms with van der Waals surface area (Å²) in [6, 6.07) is 0. The van der Waals surface area contributed by atoms with Crippen molar-refractivity contribution in [2.45, 2.75) is 31.6 Å². The lowest BCUT2D eigenvalue weighted by molar-refractivity contribution is -0.153. The van der Waals surface area contributed by atoms with E-state index < -0.39 is 8.07 Å². The van der Waals surface area contributed by atoms with Gasteiger partial charge in [-0.25, -0.2) is 0 Å². The Kier molecular flexibility index (Phi) is 2.33. The highest BCUT2D eigenvalue weighted by atomic mass is 28.3. The summed E-state index contributed by atoms with van der Waals surface area (Å²) in [6.45, 7) is 6.67. The van der Waals surface area contributed by atoms with Crippen molar-refractivity contribution in [3.63, 3.8) is 0 Å². The molecule has 0 unspecified atom stereocenters.